The number of thiocarbonyl (C=S) groups is 1. The Balaban J connectivity index is 1.88. The monoisotopic (exact) mass is 261 g/mol. The van der Waals surface area contributed by atoms with E-state index in [4.69, 9.17) is 4.99 Å². The fourth-order valence-corrected chi connectivity index (χ4v) is 3.29. The highest BCUT2D eigenvalue weighted by Crippen LogP contribution is 2.33. The van der Waals surface area contributed by atoms with Crippen molar-refractivity contribution in [1.29, 1.82) is 0 Å². The second kappa shape index (κ2) is 4.61. The number of fused-ring (bicyclic) bond motifs is 1. The maximum Gasteiger partial charge on any atom is 0.160 e. The maximum absolute atomic E-state index is 4.74. The predicted octanol–water partition coefficient (Wildman–Crippen LogP) is 2.88. The summed E-state index contributed by atoms with van der Waals surface area (Å²) in [5.41, 5.74) is 2.07. The maximum atomic E-state index is 4.74. The van der Waals surface area contributed by atoms with Gasteiger partial charge in [-0.15, -0.1) is 0 Å². The van der Waals surface area contributed by atoms with E-state index in [1.807, 2.05) is 30.0 Å². The first-order valence-electron chi connectivity index (χ1n) is 5.50. The van der Waals surface area contributed by atoms with Crippen molar-refractivity contribution >= 4 is 40.0 Å². The van der Waals surface area contributed by atoms with Crippen molar-refractivity contribution in [3.8, 4) is 0 Å². The van der Waals surface area contributed by atoms with Crippen molar-refractivity contribution in [2.75, 3.05) is 18.8 Å². The van der Waals surface area contributed by atoms with E-state index in [0.717, 1.165) is 18.8 Å². The van der Waals surface area contributed by atoms with Gasteiger partial charge in [-0.05, 0) is 29.9 Å². The van der Waals surface area contributed by atoms with Crippen LogP contribution in [0.5, 0.6) is 0 Å². The van der Waals surface area contributed by atoms with E-state index < -0.39 is 0 Å². The standard InChI is InChI=1S/C12H11N3S2/c16-8-13-10-3-1-2-9(6-10)11-7-15-4-5-17-12(15)14-11/h1-3,6,11H,4-5,7H2. The molecule has 1 aromatic carbocycles. The molecule has 0 N–H and O–H groups in total. The Labute approximate surface area is 110 Å². The summed E-state index contributed by atoms with van der Waals surface area (Å²) in [6.45, 7) is 2.12. The number of rotatable bonds is 2. The van der Waals surface area contributed by atoms with E-state index in [1.165, 1.54) is 16.5 Å². The van der Waals surface area contributed by atoms with E-state index in [0.29, 0.717) is 0 Å². The Bertz CT molecular complexity index is 520. The van der Waals surface area contributed by atoms with Crippen molar-refractivity contribution in [1.82, 2.24) is 4.90 Å². The van der Waals surface area contributed by atoms with Crippen LogP contribution in [-0.4, -0.2) is 34.1 Å². The number of aliphatic imine (C=N–C) groups is 2. The molecule has 1 saturated heterocycles. The van der Waals surface area contributed by atoms with Gasteiger partial charge in [0.2, 0.25) is 0 Å². The Morgan fingerprint density at radius 3 is 3.29 bits per heavy atom. The average Bonchev–Trinajstić information content (AvgIpc) is 2.89. The third-order valence-electron chi connectivity index (χ3n) is 2.95. The van der Waals surface area contributed by atoms with Gasteiger partial charge >= 0.3 is 0 Å². The average molecular weight is 261 g/mol. The van der Waals surface area contributed by atoms with Crippen molar-refractivity contribution in [2.24, 2.45) is 9.98 Å². The van der Waals surface area contributed by atoms with Crippen LogP contribution in [-0.2, 0) is 0 Å². The molecule has 1 unspecified atom stereocenters. The Morgan fingerprint density at radius 2 is 2.47 bits per heavy atom. The largest absolute Gasteiger partial charge is 0.348 e. The predicted molar refractivity (Wildman–Crippen MR) is 75.3 cm³/mol. The van der Waals surface area contributed by atoms with Crippen LogP contribution < -0.4 is 0 Å². The minimum atomic E-state index is 0.248. The number of hydrogen-bond donors (Lipinski definition) is 0. The fourth-order valence-electron chi connectivity index (χ4n) is 2.14. The molecule has 0 spiro atoms. The molecule has 1 atom stereocenters. The molecule has 5 heteroatoms. The first kappa shape index (κ1) is 11.0. The number of hydrogen-bond acceptors (Lipinski definition) is 5. The molecule has 0 aromatic heterocycles. The van der Waals surface area contributed by atoms with E-state index in [-0.39, 0.29) is 6.04 Å². The van der Waals surface area contributed by atoms with Crippen LogP contribution in [0.25, 0.3) is 0 Å². The number of nitrogens with zero attached hydrogens (tertiary/aromatic N) is 3. The van der Waals surface area contributed by atoms with Gasteiger partial charge in [-0.1, -0.05) is 23.9 Å². The third-order valence-corrected chi connectivity index (χ3v) is 4.05. The molecule has 2 heterocycles. The van der Waals surface area contributed by atoms with E-state index in [1.54, 1.807) is 0 Å². The molecule has 3 nitrogen and oxygen atoms in total. The van der Waals surface area contributed by atoms with Gasteiger partial charge in [0, 0.05) is 18.8 Å². The minimum absolute atomic E-state index is 0.248. The van der Waals surface area contributed by atoms with E-state index in [9.17, 15) is 0 Å². The Morgan fingerprint density at radius 1 is 1.53 bits per heavy atom. The lowest BCUT2D eigenvalue weighted by Crippen LogP contribution is -2.21. The molecular formula is C12H11N3S2. The number of amidine groups is 1. The summed E-state index contributed by atoms with van der Waals surface area (Å²) in [7, 11) is 0. The molecule has 0 radical (unpaired) electrons. The van der Waals surface area contributed by atoms with Gasteiger partial charge in [0.05, 0.1) is 16.9 Å². The van der Waals surface area contributed by atoms with Crippen LogP contribution >= 0.6 is 24.0 Å². The second-order valence-corrected chi connectivity index (χ2v) is 5.26. The molecule has 1 aromatic rings. The van der Waals surface area contributed by atoms with Gasteiger partial charge in [-0.3, -0.25) is 4.99 Å². The molecule has 0 amide bonds. The van der Waals surface area contributed by atoms with E-state index in [2.05, 4.69) is 33.3 Å². The summed E-state index contributed by atoms with van der Waals surface area (Å²) >= 11 is 6.47. The van der Waals surface area contributed by atoms with Gasteiger partial charge in [0.1, 0.15) is 0 Å². The highest BCUT2D eigenvalue weighted by atomic mass is 32.2. The lowest BCUT2D eigenvalue weighted by Gasteiger charge is -2.12. The van der Waals surface area contributed by atoms with Crippen molar-refractivity contribution in [2.45, 2.75) is 6.04 Å². The molecular weight excluding hydrogens is 250 g/mol. The van der Waals surface area contributed by atoms with Crippen LogP contribution in [0.1, 0.15) is 11.6 Å². The normalized spacial score (nSPS) is 22.0. The molecule has 0 saturated carbocycles. The summed E-state index contributed by atoms with van der Waals surface area (Å²) in [5, 5.41) is 3.59. The highest BCUT2D eigenvalue weighted by Gasteiger charge is 2.30. The second-order valence-electron chi connectivity index (χ2n) is 4.02. The molecule has 2 aliphatic heterocycles. The van der Waals surface area contributed by atoms with Gasteiger partial charge in [-0.25, -0.2) is 0 Å². The molecule has 86 valence electrons. The van der Waals surface area contributed by atoms with E-state index >= 15 is 0 Å². The Hall–Kier alpha value is -1.16. The van der Waals surface area contributed by atoms with Crippen molar-refractivity contribution < 1.29 is 0 Å². The first-order valence-corrected chi connectivity index (χ1v) is 6.89. The van der Waals surface area contributed by atoms with Crippen molar-refractivity contribution in [3.05, 3.63) is 29.8 Å². The number of benzene rings is 1. The fraction of sp³-hybridized carbons (Fsp3) is 0.333. The lowest BCUT2D eigenvalue weighted by molar-refractivity contribution is 0.464. The van der Waals surface area contributed by atoms with Crippen LogP contribution in [0, 0.1) is 0 Å². The first-order chi connectivity index (χ1) is 8.36. The summed E-state index contributed by atoms with van der Waals surface area (Å²) in [6.07, 6.45) is 0. The SMILES string of the molecule is S=C=Nc1cccc(C2CN3CCSC3=N2)c1. The minimum Gasteiger partial charge on any atom is -0.348 e. The Kier molecular flexibility index (Phi) is 2.97. The molecule has 17 heavy (non-hydrogen) atoms. The summed E-state index contributed by atoms with van der Waals surface area (Å²) in [5.74, 6) is 1.17. The number of thioether (sulfide) groups is 1. The zero-order chi connectivity index (χ0) is 11.7. The molecule has 2 aliphatic rings. The third kappa shape index (κ3) is 2.14. The molecule has 0 aliphatic carbocycles. The molecule has 1 fully saturated rings. The van der Waals surface area contributed by atoms with Gasteiger partial charge in [0.15, 0.2) is 5.17 Å². The van der Waals surface area contributed by atoms with Crippen LogP contribution in [0.2, 0.25) is 0 Å². The highest BCUT2D eigenvalue weighted by molar-refractivity contribution is 8.14. The summed E-state index contributed by atoms with van der Waals surface area (Å²) < 4.78 is 0. The van der Waals surface area contributed by atoms with Gasteiger partial charge in [0.25, 0.3) is 0 Å². The summed E-state index contributed by atoms with van der Waals surface area (Å²) in [4.78, 5) is 11.1. The zero-order valence-corrected chi connectivity index (χ0v) is 10.8. The zero-order valence-electron chi connectivity index (χ0n) is 9.17. The van der Waals surface area contributed by atoms with Gasteiger partial charge < -0.3 is 4.90 Å². The van der Waals surface area contributed by atoms with Crippen LogP contribution in [0.4, 0.5) is 5.69 Å². The van der Waals surface area contributed by atoms with Crippen molar-refractivity contribution in [3.63, 3.8) is 0 Å². The van der Waals surface area contributed by atoms with Crippen LogP contribution in [0.3, 0.4) is 0 Å². The smallest absolute Gasteiger partial charge is 0.160 e. The summed E-state index contributed by atoms with van der Waals surface area (Å²) in [6, 6.07) is 8.32. The topological polar surface area (TPSA) is 28.0 Å². The molecule has 0 bridgehead atoms. The quantitative estimate of drug-likeness (QED) is 0.605. The lowest BCUT2D eigenvalue weighted by atomic mass is 10.1. The van der Waals surface area contributed by atoms with Gasteiger partial charge in [-0.2, -0.15) is 4.99 Å². The van der Waals surface area contributed by atoms with Crippen LogP contribution in [0.15, 0.2) is 34.3 Å². The number of isothiocyanates is 1. The molecule has 3 rings (SSSR count).